The average molecular weight is 318 g/mol. The monoisotopic (exact) mass is 318 g/mol. The van der Waals surface area contributed by atoms with Gasteiger partial charge < -0.3 is 9.88 Å². The predicted octanol–water partition coefficient (Wildman–Crippen LogP) is 4.94. The van der Waals surface area contributed by atoms with E-state index >= 15 is 0 Å². The molecule has 0 amide bonds. The number of rotatable bonds is 4. The van der Waals surface area contributed by atoms with Gasteiger partial charge in [-0.05, 0) is 49.4 Å². The summed E-state index contributed by atoms with van der Waals surface area (Å²) in [5.74, 6) is 0.679. The molecule has 2 heteroatoms. The molecule has 0 radical (unpaired) electrons. The fourth-order valence-electron chi connectivity index (χ4n) is 4.25. The van der Waals surface area contributed by atoms with E-state index in [1.807, 2.05) is 0 Å². The Balaban J connectivity index is 1.71. The minimum absolute atomic E-state index is 0.667. The third-order valence-corrected chi connectivity index (χ3v) is 5.54. The van der Waals surface area contributed by atoms with Crippen LogP contribution >= 0.6 is 0 Å². The molecule has 0 bridgehead atoms. The molecule has 4 rings (SSSR count). The van der Waals surface area contributed by atoms with Gasteiger partial charge in [0.15, 0.2) is 0 Å². The summed E-state index contributed by atoms with van der Waals surface area (Å²) < 4.78 is 2.43. The lowest BCUT2D eigenvalue weighted by Gasteiger charge is -2.28. The number of nitrogens with zero attached hydrogens (tertiary/aromatic N) is 1. The van der Waals surface area contributed by atoms with Crippen LogP contribution in [0, 0.1) is 0 Å². The summed E-state index contributed by atoms with van der Waals surface area (Å²) in [6.45, 7) is 0.948. The van der Waals surface area contributed by atoms with Crippen molar-refractivity contribution >= 4 is 10.9 Å². The second-order valence-electron chi connectivity index (χ2n) is 7.06. The van der Waals surface area contributed by atoms with Crippen LogP contribution in [0.1, 0.15) is 42.7 Å². The van der Waals surface area contributed by atoms with Gasteiger partial charge in [-0.1, -0.05) is 55.0 Å². The van der Waals surface area contributed by atoms with Gasteiger partial charge in [0, 0.05) is 29.7 Å². The lowest BCUT2D eigenvalue weighted by Crippen LogP contribution is -2.30. The molecular weight excluding hydrogens is 292 g/mol. The molecule has 1 aliphatic rings. The van der Waals surface area contributed by atoms with E-state index in [2.05, 4.69) is 77.7 Å². The lowest BCUT2D eigenvalue weighted by molar-refractivity contribution is 0.356. The fourth-order valence-corrected chi connectivity index (χ4v) is 4.25. The number of nitrogens with one attached hydrogen (secondary N) is 1. The van der Waals surface area contributed by atoms with Crippen molar-refractivity contribution in [1.82, 2.24) is 9.88 Å². The average Bonchev–Trinajstić information content (AvgIpc) is 3.01. The van der Waals surface area contributed by atoms with Gasteiger partial charge in [0.1, 0.15) is 0 Å². The quantitative estimate of drug-likeness (QED) is 0.721. The molecule has 0 spiro atoms. The first kappa shape index (κ1) is 15.5. The molecule has 1 N–H and O–H groups in total. The van der Waals surface area contributed by atoms with Crippen LogP contribution in [0.2, 0.25) is 0 Å². The van der Waals surface area contributed by atoms with Crippen molar-refractivity contribution in [2.24, 2.45) is 0 Å². The Bertz CT molecular complexity index is 803. The van der Waals surface area contributed by atoms with Crippen molar-refractivity contribution < 1.29 is 0 Å². The van der Waals surface area contributed by atoms with Crippen LogP contribution in [0.4, 0.5) is 0 Å². The third-order valence-electron chi connectivity index (χ3n) is 5.54. The van der Waals surface area contributed by atoms with Crippen molar-refractivity contribution in [2.45, 2.75) is 44.2 Å². The molecule has 1 saturated carbocycles. The first-order valence-corrected chi connectivity index (χ1v) is 9.14. The minimum atomic E-state index is 0.667. The molecule has 3 aromatic rings. The summed E-state index contributed by atoms with van der Waals surface area (Å²) in [5, 5.41) is 4.93. The Hall–Kier alpha value is -2.06. The molecule has 2 unspecified atom stereocenters. The Morgan fingerprint density at radius 2 is 1.79 bits per heavy atom. The highest BCUT2D eigenvalue weighted by Gasteiger charge is 2.24. The van der Waals surface area contributed by atoms with E-state index in [4.69, 9.17) is 0 Å². The van der Waals surface area contributed by atoms with Crippen LogP contribution < -0.4 is 5.32 Å². The van der Waals surface area contributed by atoms with Gasteiger partial charge in [-0.2, -0.15) is 0 Å². The smallest absolute Gasteiger partial charge is 0.0486 e. The summed E-state index contributed by atoms with van der Waals surface area (Å²) in [6, 6.07) is 20.3. The van der Waals surface area contributed by atoms with E-state index in [0.29, 0.717) is 12.0 Å². The van der Waals surface area contributed by atoms with Crippen LogP contribution in [-0.4, -0.2) is 17.7 Å². The third kappa shape index (κ3) is 2.99. The van der Waals surface area contributed by atoms with Crippen molar-refractivity contribution in [3.05, 3.63) is 71.9 Å². The van der Waals surface area contributed by atoms with E-state index in [9.17, 15) is 0 Å². The number of hydrogen-bond donors (Lipinski definition) is 1. The predicted molar refractivity (Wildman–Crippen MR) is 102 cm³/mol. The van der Waals surface area contributed by atoms with Crippen LogP contribution in [0.15, 0.2) is 60.8 Å². The molecule has 0 aliphatic heterocycles. The number of hydrogen-bond acceptors (Lipinski definition) is 1. The second kappa shape index (κ2) is 6.82. The molecule has 2 nitrogen and oxygen atoms in total. The van der Waals surface area contributed by atoms with Gasteiger partial charge in [-0.3, -0.25) is 0 Å². The molecule has 0 saturated heterocycles. The molecule has 1 aromatic heterocycles. The topological polar surface area (TPSA) is 17.0 Å². The molecule has 2 aromatic carbocycles. The van der Waals surface area contributed by atoms with Gasteiger partial charge in [-0.25, -0.2) is 0 Å². The first-order chi connectivity index (χ1) is 11.8. The van der Waals surface area contributed by atoms with Crippen LogP contribution in [0.25, 0.3) is 10.9 Å². The highest BCUT2D eigenvalue weighted by Crippen LogP contribution is 2.37. The summed E-state index contributed by atoms with van der Waals surface area (Å²) in [4.78, 5) is 0. The number of aromatic nitrogens is 1. The van der Waals surface area contributed by atoms with Crippen molar-refractivity contribution in [3.8, 4) is 0 Å². The lowest BCUT2D eigenvalue weighted by atomic mass is 9.81. The van der Waals surface area contributed by atoms with E-state index in [1.165, 1.54) is 42.1 Å². The summed E-state index contributed by atoms with van der Waals surface area (Å²) in [7, 11) is 2.10. The minimum Gasteiger partial charge on any atom is -0.343 e. The Morgan fingerprint density at radius 1 is 1.00 bits per heavy atom. The maximum absolute atomic E-state index is 3.49. The van der Waals surface area contributed by atoms with Crippen LogP contribution in [-0.2, 0) is 6.54 Å². The zero-order valence-electron chi connectivity index (χ0n) is 14.4. The largest absolute Gasteiger partial charge is 0.343 e. The van der Waals surface area contributed by atoms with Gasteiger partial charge >= 0.3 is 0 Å². The zero-order chi connectivity index (χ0) is 16.4. The Kier molecular flexibility index (Phi) is 4.40. The molecule has 2 atom stereocenters. The molecule has 24 heavy (non-hydrogen) atoms. The standard InChI is InChI=1S/C22H26N2/c1-23-19-11-7-10-18(14-19)21-16-24(15-17-8-3-2-4-9-17)22-13-6-5-12-20(21)22/h2-6,8-9,12-13,16,18-19,23H,7,10-11,14-15H2,1H3. The number of benzene rings is 2. The van der Waals surface area contributed by atoms with E-state index in [1.54, 1.807) is 5.56 Å². The van der Waals surface area contributed by atoms with Gasteiger partial charge in [0.2, 0.25) is 0 Å². The molecular formula is C22H26N2. The maximum Gasteiger partial charge on any atom is 0.0486 e. The Morgan fingerprint density at radius 3 is 2.62 bits per heavy atom. The number of para-hydroxylation sites is 1. The first-order valence-electron chi connectivity index (χ1n) is 9.14. The summed E-state index contributed by atoms with van der Waals surface area (Å²) in [6.07, 6.45) is 7.64. The number of fused-ring (bicyclic) bond motifs is 1. The molecule has 1 heterocycles. The highest BCUT2D eigenvalue weighted by atomic mass is 15.0. The van der Waals surface area contributed by atoms with Gasteiger partial charge in [0.25, 0.3) is 0 Å². The molecule has 1 aliphatic carbocycles. The fraction of sp³-hybridized carbons (Fsp3) is 0.364. The molecule has 124 valence electrons. The van der Waals surface area contributed by atoms with Crippen LogP contribution in [0.5, 0.6) is 0 Å². The SMILES string of the molecule is CNC1CCCC(c2cn(Cc3ccccc3)c3ccccc23)C1. The van der Waals surface area contributed by atoms with E-state index in [0.717, 1.165) is 6.54 Å². The Labute approximate surface area is 144 Å². The summed E-state index contributed by atoms with van der Waals surface area (Å²) in [5.41, 5.74) is 4.27. The van der Waals surface area contributed by atoms with Gasteiger partial charge in [-0.15, -0.1) is 0 Å². The van der Waals surface area contributed by atoms with Crippen molar-refractivity contribution in [1.29, 1.82) is 0 Å². The zero-order valence-corrected chi connectivity index (χ0v) is 14.4. The van der Waals surface area contributed by atoms with E-state index in [-0.39, 0.29) is 0 Å². The molecule has 1 fully saturated rings. The highest BCUT2D eigenvalue weighted by molar-refractivity contribution is 5.84. The van der Waals surface area contributed by atoms with Crippen LogP contribution in [0.3, 0.4) is 0 Å². The van der Waals surface area contributed by atoms with Gasteiger partial charge in [0.05, 0.1) is 0 Å². The second-order valence-corrected chi connectivity index (χ2v) is 7.06. The summed E-state index contributed by atoms with van der Waals surface area (Å²) >= 11 is 0. The maximum atomic E-state index is 3.49. The van der Waals surface area contributed by atoms with Crippen molar-refractivity contribution in [2.75, 3.05) is 7.05 Å². The van der Waals surface area contributed by atoms with E-state index < -0.39 is 0 Å². The normalized spacial score (nSPS) is 21.2. The van der Waals surface area contributed by atoms with Crippen molar-refractivity contribution in [3.63, 3.8) is 0 Å².